The topological polar surface area (TPSA) is 111 Å². The molecule has 0 radical (unpaired) electrons. The number of likely N-dealkylation sites (tertiary alicyclic amines) is 1. The third kappa shape index (κ3) is 5.92. The highest BCUT2D eigenvalue weighted by Crippen LogP contribution is 2.26. The summed E-state index contributed by atoms with van der Waals surface area (Å²) in [5.74, 6) is 1.99. The second kappa shape index (κ2) is 10.8. The number of halogens is 1. The smallest absolute Gasteiger partial charge is 0.232 e. The second-order valence-electron chi connectivity index (χ2n) is 8.26. The van der Waals surface area contributed by atoms with E-state index in [4.69, 9.17) is 5.73 Å². The number of hydrogen-bond donors (Lipinski definition) is 2. The number of nitrogen functional groups attached to an aromatic ring is 1. The van der Waals surface area contributed by atoms with Gasteiger partial charge in [-0.25, -0.2) is 4.39 Å². The normalized spacial score (nSPS) is 14.2. The van der Waals surface area contributed by atoms with Gasteiger partial charge in [0.05, 0.1) is 12.3 Å². The predicted molar refractivity (Wildman–Crippen MR) is 134 cm³/mol. The Kier molecular flexibility index (Phi) is 7.15. The van der Waals surface area contributed by atoms with E-state index in [9.17, 15) is 4.39 Å². The molecule has 3 heterocycles. The van der Waals surface area contributed by atoms with Crippen LogP contribution in [0.4, 0.5) is 22.0 Å². The van der Waals surface area contributed by atoms with Gasteiger partial charge in [-0.1, -0.05) is 36.4 Å². The van der Waals surface area contributed by atoms with Crippen molar-refractivity contribution in [2.75, 3.05) is 24.1 Å². The van der Waals surface area contributed by atoms with Crippen LogP contribution in [0, 0.1) is 5.82 Å². The number of benzene rings is 2. The Morgan fingerprint density at radius 2 is 1.69 bits per heavy atom. The summed E-state index contributed by atoms with van der Waals surface area (Å²) in [6.07, 6.45) is 3.64. The minimum Gasteiger partial charge on any atom is -0.368 e. The third-order valence-corrected chi connectivity index (χ3v) is 6.58. The lowest BCUT2D eigenvalue weighted by Gasteiger charge is -2.26. The Labute approximate surface area is 207 Å². The van der Waals surface area contributed by atoms with Crippen molar-refractivity contribution in [2.24, 2.45) is 0 Å². The number of anilines is 3. The third-order valence-electron chi connectivity index (χ3n) is 5.66. The lowest BCUT2D eigenvalue weighted by atomic mass is 10.1. The molecule has 0 aliphatic carbocycles. The lowest BCUT2D eigenvalue weighted by Crippen LogP contribution is -2.30. The number of rotatable bonds is 8. The highest BCUT2D eigenvalue weighted by molar-refractivity contribution is 7.98. The van der Waals surface area contributed by atoms with Gasteiger partial charge in [0.25, 0.3) is 0 Å². The Hall–Kier alpha value is -3.57. The van der Waals surface area contributed by atoms with Gasteiger partial charge in [0.1, 0.15) is 11.6 Å². The molecule has 1 aliphatic rings. The van der Waals surface area contributed by atoms with Crippen LogP contribution in [0.3, 0.4) is 0 Å². The first-order chi connectivity index (χ1) is 17.1. The first-order valence-electron chi connectivity index (χ1n) is 11.5. The molecule has 5 rings (SSSR count). The van der Waals surface area contributed by atoms with Crippen LogP contribution in [0.2, 0.25) is 0 Å². The first kappa shape index (κ1) is 23.2. The van der Waals surface area contributed by atoms with Crippen LogP contribution < -0.4 is 11.1 Å². The number of nitrogens with two attached hydrogens (primary N) is 1. The fourth-order valence-electron chi connectivity index (χ4n) is 4.00. The zero-order valence-corrected chi connectivity index (χ0v) is 20.0. The predicted octanol–water partition coefficient (Wildman–Crippen LogP) is 4.20. The molecule has 11 heteroatoms. The molecule has 1 aliphatic heterocycles. The zero-order valence-electron chi connectivity index (χ0n) is 19.1. The van der Waals surface area contributed by atoms with Gasteiger partial charge in [0.15, 0.2) is 11.0 Å². The van der Waals surface area contributed by atoms with Crippen molar-refractivity contribution in [3.8, 4) is 5.69 Å². The number of piperidine rings is 1. The fourth-order valence-corrected chi connectivity index (χ4v) is 4.83. The van der Waals surface area contributed by atoms with Crippen molar-refractivity contribution in [1.82, 2.24) is 34.6 Å². The molecule has 180 valence electrons. The number of thioether (sulfide) groups is 1. The summed E-state index contributed by atoms with van der Waals surface area (Å²) in [6, 6.07) is 16.0. The van der Waals surface area contributed by atoms with Gasteiger partial charge in [0, 0.05) is 11.4 Å². The summed E-state index contributed by atoms with van der Waals surface area (Å²) < 4.78 is 15.6. The Morgan fingerprint density at radius 1 is 0.914 bits per heavy atom. The number of nitrogens with zero attached hydrogens (tertiary/aromatic N) is 7. The van der Waals surface area contributed by atoms with E-state index in [1.54, 1.807) is 12.1 Å². The van der Waals surface area contributed by atoms with Crippen molar-refractivity contribution in [1.29, 1.82) is 0 Å². The van der Waals surface area contributed by atoms with E-state index < -0.39 is 0 Å². The fraction of sp³-hybridized carbons (Fsp3) is 0.292. The summed E-state index contributed by atoms with van der Waals surface area (Å²) in [4.78, 5) is 15.4. The second-order valence-corrected chi connectivity index (χ2v) is 9.20. The van der Waals surface area contributed by atoms with E-state index >= 15 is 0 Å². The van der Waals surface area contributed by atoms with E-state index in [1.165, 1.54) is 43.2 Å². The van der Waals surface area contributed by atoms with Crippen LogP contribution in [-0.4, -0.2) is 47.7 Å². The molecule has 2 aromatic carbocycles. The van der Waals surface area contributed by atoms with Crippen LogP contribution in [0.1, 0.15) is 30.9 Å². The van der Waals surface area contributed by atoms with Crippen molar-refractivity contribution in [3.05, 3.63) is 72.1 Å². The summed E-state index contributed by atoms with van der Waals surface area (Å²) in [5, 5.41) is 12.8. The molecule has 3 N–H and O–H groups in total. The van der Waals surface area contributed by atoms with Gasteiger partial charge < -0.3 is 11.1 Å². The van der Waals surface area contributed by atoms with E-state index in [2.05, 4.69) is 35.4 Å². The average molecular weight is 492 g/mol. The quantitative estimate of drug-likeness (QED) is 0.350. The minimum atomic E-state index is -0.285. The number of para-hydroxylation sites is 1. The molecular formula is C24H26FN9S. The molecule has 9 nitrogen and oxygen atoms in total. The molecule has 0 bridgehead atoms. The van der Waals surface area contributed by atoms with Crippen molar-refractivity contribution in [3.63, 3.8) is 0 Å². The van der Waals surface area contributed by atoms with Crippen LogP contribution in [-0.2, 0) is 12.3 Å². The Balaban J connectivity index is 1.37. The maximum atomic E-state index is 13.6. The largest absolute Gasteiger partial charge is 0.368 e. The number of nitrogens with one attached hydrogen (secondary N) is 1. The Bertz CT molecular complexity index is 1260. The van der Waals surface area contributed by atoms with E-state index in [1.807, 2.05) is 34.9 Å². The SMILES string of the molecule is Nc1nc(CSc2nnc(CN3CCCCC3)n2-c2ccc(F)cc2)nc(Nc2ccccc2)n1. The summed E-state index contributed by atoms with van der Waals surface area (Å²) in [6.45, 7) is 2.77. The van der Waals surface area contributed by atoms with Gasteiger partial charge in [-0.15, -0.1) is 10.2 Å². The minimum absolute atomic E-state index is 0.139. The van der Waals surface area contributed by atoms with Gasteiger partial charge in [0.2, 0.25) is 11.9 Å². The highest BCUT2D eigenvalue weighted by Gasteiger charge is 2.19. The van der Waals surface area contributed by atoms with Gasteiger partial charge in [-0.2, -0.15) is 15.0 Å². The molecule has 1 fully saturated rings. The number of hydrogen-bond acceptors (Lipinski definition) is 9. The van der Waals surface area contributed by atoms with Gasteiger partial charge in [-0.3, -0.25) is 9.47 Å². The molecule has 2 aromatic heterocycles. The van der Waals surface area contributed by atoms with Crippen molar-refractivity contribution < 1.29 is 4.39 Å². The molecule has 1 saturated heterocycles. The summed E-state index contributed by atoms with van der Waals surface area (Å²) >= 11 is 1.45. The molecule has 4 aromatic rings. The standard InChI is InChI=1S/C24H26FN9S/c25-17-9-11-19(12-10-17)34-21(15-33-13-5-2-6-14-33)31-32-24(34)35-16-20-28-22(26)30-23(29-20)27-18-7-3-1-4-8-18/h1,3-4,7-12H,2,5-6,13-16H2,(H3,26,27,28,29,30). The number of aromatic nitrogens is 6. The summed E-state index contributed by atoms with van der Waals surface area (Å²) in [7, 11) is 0. The highest BCUT2D eigenvalue weighted by atomic mass is 32.2. The van der Waals surface area contributed by atoms with Crippen molar-refractivity contribution >= 4 is 29.3 Å². The summed E-state index contributed by atoms with van der Waals surface area (Å²) in [5.41, 5.74) is 7.61. The molecule has 35 heavy (non-hydrogen) atoms. The van der Waals surface area contributed by atoms with E-state index in [0.29, 0.717) is 29.2 Å². The molecular weight excluding hydrogens is 465 g/mol. The van der Waals surface area contributed by atoms with Crippen LogP contribution in [0.15, 0.2) is 59.8 Å². The van der Waals surface area contributed by atoms with Gasteiger partial charge in [-0.05, 0) is 62.3 Å². The van der Waals surface area contributed by atoms with Crippen LogP contribution >= 0.6 is 11.8 Å². The van der Waals surface area contributed by atoms with E-state index in [0.717, 1.165) is 30.3 Å². The van der Waals surface area contributed by atoms with Crippen LogP contribution in [0.5, 0.6) is 0 Å². The maximum Gasteiger partial charge on any atom is 0.232 e. The lowest BCUT2D eigenvalue weighted by molar-refractivity contribution is 0.214. The average Bonchev–Trinajstić information content (AvgIpc) is 3.26. The molecule has 0 saturated carbocycles. The Morgan fingerprint density at radius 3 is 2.46 bits per heavy atom. The molecule has 0 amide bonds. The first-order valence-corrected chi connectivity index (χ1v) is 12.5. The molecule has 0 atom stereocenters. The van der Waals surface area contributed by atoms with Crippen molar-refractivity contribution in [2.45, 2.75) is 36.7 Å². The molecule has 0 spiro atoms. The molecule has 0 unspecified atom stereocenters. The monoisotopic (exact) mass is 491 g/mol. The zero-order chi connectivity index (χ0) is 24.0. The van der Waals surface area contributed by atoms with Crippen LogP contribution in [0.25, 0.3) is 5.69 Å². The maximum absolute atomic E-state index is 13.6. The van der Waals surface area contributed by atoms with Gasteiger partial charge >= 0.3 is 0 Å². The van der Waals surface area contributed by atoms with E-state index in [-0.39, 0.29) is 11.8 Å².